The topological polar surface area (TPSA) is 50.8 Å². The second kappa shape index (κ2) is 12.3. The van der Waals surface area contributed by atoms with E-state index in [4.69, 9.17) is 32.7 Å². The van der Waals surface area contributed by atoms with E-state index in [-0.39, 0.29) is 24.7 Å². The number of halogens is 2. The van der Waals surface area contributed by atoms with Crippen LogP contribution >= 0.6 is 23.2 Å². The molecule has 2 aromatic rings. The highest BCUT2D eigenvalue weighted by atomic mass is 35.5. The number of likely N-dealkylation sites (tertiary alicyclic amines) is 1. The number of amides is 1. The van der Waals surface area contributed by atoms with E-state index in [0.29, 0.717) is 21.8 Å². The molecule has 5 nitrogen and oxygen atoms in total. The van der Waals surface area contributed by atoms with E-state index in [9.17, 15) is 4.79 Å². The van der Waals surface area contributed by atoms with Crippen LogP contribution in [0.2, 0.25) is 10.0 Å². The summed E-state index contributed by atoms with van der Waals surface area (Å²) >= 11 is 11.8. The minimum absolute atomic E-state index is 0.0157. The molecule has 1 aliphatic heterocycles. The fourth-order valence-corrected chi connectivity index (χ4v) is 3.95. The molecule has 4 rings (SSSR count). The third-order valence-electron chi connectivity index (χ3n) is 5.35. The molecule has 1 amide bonds. The highest BCUT2D eigenvalue weighted by Crippen LogP contribution is 2.31. The molecule has 2 aromatic carbocycles. The molecule has 0 spiro atoms. The lowest BCUT2D eigenvalue weighted by Gasteiger charge is -2.32. The predicted octanol–water partition coefficient (Wildman–Crippen LogP) is 5.59. The molecule has 1 saturated carbocycles. The normalized spacial score (nSPS) is 20.6. The van der Waals surface area contributed by atoms with Gasteiger partial charge in [0.15, 0.2) is 6.61 Å². The highest BCUT2D eigenvalue weighted by molar-refractivity contribution is 6.30. The molecule has 0 bridgehead atoms. The van der Waals surface area contributed by atoms with Crippen molar-refractivity contribution in [3.63, 3.8) is 0 Å². The molecular formula is C25H32Cl2N2O3. The number of nitrogens with zero attached hydrogens (tertiary/aromatic N) is 1. The average Bonchev–Trinajstić information content (AvgIpc) is 3.55. The summed E-state index contributed by atoms with van der Waals surface area (Å²) in [6, 6.07) is 15.1. The first kappa shape index (κ1) is 24.7. The van der Waals surface area contributed by atoms with Gasteiger partial charge in [0.1, 0.15) is 17.6 Å². The molecule has 0 radical (unpaired) electrons. The molecule has 2 aliphatic rings. The smallest absolute Gasteiger partial charge is 0.258 e. The van der Waals surface area contributed by atoms with Crippen molar-refractivity contribution in [1.82, 2.24) is 10.2 Å². The van der Waals surface area contributed by atoms with Gasteiger partial charge in [0.2, 0.25) is 0 Å². The molecule has 1 saturated heterocycles. The summed E-state index contributed by atoms with van der Waals surface area (Å²) < 4.78 is 11.6. The number of carbonyl (C=O) groups is 1. The summed E-state index contributed by atoms with van der Waals surface area (Å²) in [5, 5.41) is 4.42. The third-order valence-corrected chi connectivity index (χ3v) is 5.85. The quantitative estimate of drug-likeness (QED) is 0.563. The van der Waals surface area contributed by atoms with Crippen LogP contribution in [0.25, 0.3) is 0 Å². The van der Waals surface area contributed by atoms with E-state index in [0.717, 1.165) is 38.1 Å². The number of ether oxygens (including phenoxy) is 2. The van der Waals surface area contributed by atoms with Crippen LogP contribution in [0.4, 0.5) is 0 Å². The summed E-state index contributed by atoms with van der Waals surface area (Å²) in [7, 11) is 0. The SMILES string of the molecule is CCC.O=C(COc1ccc(Cl)cc1)NC1CC1N1CCC(Oc2ccc(Cl)cc2)CC1. The van der Waals surface area contributed by atoms with Crippen molar-refractivity contribution in [2.45, 2.75) is 57.7 Å². The molecule has 174 valence electrons. The summed E-state index contributed by atoms with van der Waals surface area (Å²) in [4.78, 5) is 14.6. The van der Waals surface area contributed by atoms with Crippen molar-refractivity contribution in [1.29, 1.82) is 0 Å². The fourth-order valence-electron chi connectivity index (χ4n) is 3.70. The number of carbonyl (C=O) groups excluding carboxylic acids is 1. The van der Waals surface area contributed by atoms with Gasteiger partial charge in [0, 0.05) is 35.2 Å². The minimum Gasteiger partial charge on any atom is -0.490 e. The molecule has 2 unspecified atom stereocenters. The number of piperidine rings is 1. The first-order chi connectivity index (χ1) is 15.5. The number of rotatable bonds is 7. The number of nitrogens with one attached hydrogen (secondary N) is 1. The molecule has 1 N–H and O–H groups in total. The van der Waals surface area contributed by atoms with Crippen molar-refractivity contribution in [2.24, 2.45) is 0 Å². The second-order valence-electron chi connectivity index (χ2n) is 8.23. The highest BCUT2D eigenvalue weighted by Gasteiger charge is 2.43. The summed E-state index contributed by atoms with van der Waals surface area (Å²) in [5.74, 6) is 1.41. The molecule has 2 fully saturated rings. The van der Waals surface area contributed by atoms with E-state index < -0.39 is 0 Å². The lowest BCUT2D eigenvalue weighted by atomic mass is 10.1. The maximum Gasteiger partial charge on any atom is 0.258 e. The molecule has 2 atom stereocenters. The van der Waals surface area contributed by atoms with Crippen LogP contribution in [0.1, 0.15) is 39.5 Å². The van der Waals surface area contributed by atoms with Crippen LogP contribution in [0.3, 0.4) is 0 Å². The standard InChI is InChI=1S/C22H24Cl2N2O3.C3H8/c23-15-1-5-17(6-2-15)28-14-22(27)25-20-13-21(20)26-11-9-19(10-12-26)29-18-7-3-16(24)4-8-18;1-3-2/h1-8,19-21H,9-14H2,(H,25,27);3H2,1-2H3. The van der Waals surface area contributed by atoms with Gasteiger partial charge >= 0.3 is 0 Å². The molecule has 32 heavy (non-hydrogen) atoms. The largest absolute Gasteiger partial charge is 0.490 e. The number of hydrogen-bond acceptors (Lipinski definition) is 4. The van der Waals surface area contributed by atoms with Gasteiger partial charge in [-0.25, -0.2) is 0 Å². The van der Waals surface area contributed by atoms with Crippen molar-refractivity contribution >= 4 is 29.1 Å². The van der Waals surface area contributed by atoms with Crippen LogP contribution in [0.5, 0.6) is 11.5 Å². The zero-order valence-corrected chi connectivity index (χ0v) is 20.2. The van der Waals surface area contributed by atoms with Crippen LogP contribution in [-0.4, -0.2) is 48.7 Å². The van der Waals surface area contributed by atoms with Gasteiger partial charge in [0.05, 0.1) is 0 Å². The Labute approximate surface area is 201 Å². The van der Waals surface area contributed by atoms with Crippen molar-refractivity contribution in [3.8, 4) is 11.5 Å². The Hall–Kier alpha value is -1.95. The number of hydrogen-bond donors (Lipinski definition) is 1. The van der Waals surface area contributed by atoms with Gasteiger partial charge in [-0.2, -0.15) is 0 Å². The Morgan fingerprint density at radius 1 is 0.969 bits per heavy atom. The Morgan fingerprint density at radius 2 is 1.50 bits per heavy atom. The lowest BCUT2D eigenvalue weighted by molar-refractivity contribution is -0.123. The van der Waals surface area contributed by atoms with Gasteiger partial charge in [-0.3, -0.25) is 9.69 Å². The zero-order chi connectivity index (χ0) is 22.9. The van der Waals surface area contributed by atoms with E-state index in [2.05, 4.69) is 24.1 Å². The van der Waals surface area contributed by atoms with Gasteiger partial charge in [-0.1, -0.05) is 43.5 Å². The Bertz CT molecular complexity index is 837. The molecule has 1 heterocycles. The van der Waals surface area contributed by atoms with Gasteiger partial charge in [-0.15, -0.1) is 0 Å². The van der Waals surface area contributed by atoms with Crippen LogP contribution in [0, 0.1) is 0 Å². The monoisotopic (exact) mass is 478 g/mol. The van der Waals surface area contributed by atoms with Crippen molar-refractivity contribution in [3.05, 3.63) is 58.6 Å². The Kier molecular flexibility index (Phi) is 9.51. The van der Waals surface area contributed by atoms with E-state index in [1.54, 1.807) is 24.3 Å². The summed E-state index contributed by atoms with van der Waals surface area (Å²) in [5.41, 5.74) is 0. The molecule has 0 aromatic heterocycles. The van der Waals surface area contributed by atoms with Crippen LogP contribution in [0.15, 0.2) is 48.5 Å². The van der Waals surface area contributed by atoms with E-state index >= 15 is 0 Å². The maximum atomic E-state index is 12.1. The second-order valence-corrected chi connectivity index (χ2v) is 9.11. The van der Waals surface area contributed by atoms with E-state index in [1.807, 2.05) is 24.3 Å². The first-order valence-electron chi connectivity index (χ1n) is 11.3. The Balaban J connectivity index is 0.000000913. The minimum atomic E-state index is -0.0894. The van der Waals surface area contributed by atoms with Gasteiger partial charge < -0.3 is 14.8 Å². The first-order valence-corrected chi connectivity index (χ1v) is 12.1. The van der Waals surface area contributed by atoms with Crippen LogP contribution in [-0.2, 0) is 4.79 Å². The third kappa shape index (κ3) is 7.88. The maximum absolute atomic E-state index is 12.1. The van der Waals surface area contributed by atoms with Crippen molar-refractivity contribution < 1.29 is 14.3 Å². The van der Waals surface area contributed by atoms with Crippen LogP contribution < -0.4 is 14.8 Å². The van der Waals surface area contributed by atoms with Crippen molar-refractivity contribution in [2.75, 3.05) is 19.7 Å². The average molecular weight is 479 g/mol. The van der Waals surface area contributed by atoms with Gasteiger partial charge in [-0.05, 0) is 67.8 Å². The molecule has 1 aliphatic carbocycles. The summed E-state index contributed by atoms with van der Waals surface area (Å²) in [6.07, 6.45) is 4.45. The lowest BCUT2D eigenvalue weighted by Crippen LogP contribution is -2.43. The zero-order valence-electron chi connectivity index (χ0n) is 18.7. The molecular weight excluding hydrogens is 447 g/mol. The predicted molar refractivity (Wildman–Crippen MR) is 130 cm³/mol. The van der Waals surface area contributed by atoms with Gasteiger partial charge in [0.25, 0.3) is 5.91 Å². The Morgan fingerprint density at radius 3 is 2.06 bits per heavy atom. The fraction of sp³-hybridized carbons (Fsp3) is 0.480. The summed E-state index contributed by atoms with van der Waals surface area (Å²) in [6.45, 7) is 6.23. The number of benzene rings is 2. The van der Waals surface area contributed by atoms with E-state index in [1.165, 1.54) is 6.42 Å². The molecule has 7 heteroatoms.